The molecular formula is C21H18F3NO. The monoisotopic (exact) mass is 357 g/mol. The standard InChI is InChI=1S/C21H18F3NO/c1-3-15(5-4-14(2)22)21(20(25)26,16-6-10-18(23)11-7-16)17-8-12-19(24)13-9-17/h3-13H,2H2,1H3,(H2,25,26). The van der Waals surface area contributed by atoms with Gasteiger partial charge in [-0.05, 0) is 54.0 Å². The van der Waals surface area contributed by atoms with Crippen molar-refractivity contribution in [3.05, 3.63) is 107 Å². The normalized spacial score (nSPS) is 12.4. The van der Waals surface area contributed by atoms with Crippen molar-refractivity contribution in [3.63, 3.8) is 0 Å². The molecule has 0 spiro atoms. The molecule has 26 heavy (non-hydrogen) atoms. The highest BCUT2D eigenvalue weighted by molar-refractivity contribution is 5.95. The van der Waals surface area contributed by atoms with Crippen LogP contribution in [0.2, 0.25) is 0 Å². The Morgan fingerprint density at radius 1 is 0.962 bits per heavy atom. The SMILES string of the molecule is C=C(F)C=CC(=CC)C(C(N)=O)(c1ccc(F)cc1)c1ccc(F)cc1. The Hall–Kier alpha value is -3.08. The van der Waals surface area contributed by atoms with Gasteiger partial charge in [0, 0.05) is 0 Å². The van der Waals surface area contributed by atoms with Crippen molar-refractivity contribution in [2.75, 3.05) is 0 Å². The van der Waals surface area contributed by atoms with Crippen LogP contribution < -0.4 is 5.73 Å². The number of carbonyl (C=O) groups is 1. The summed E-state index contributed by atoms with van der Waals surface area (Å²) in [6, 6.07) is 10.5. The smallest absolute Gasteiger partial charge is 0.237 e. The van der Waals surface area contributed by atoms with Gasteiger partial charge in [-0.15, -0.1) is 0 Å². The van der Waals surface area contributed by atoms with Crippen LogP contribution >= 0.6 is 0 Å². The summed E-state index contributed by atoms with van der Waals surface area (Å²) in [5.41, 5.74) is 5.32. The highest BCUT2D eigenvalue weighted by Crippen LogP contribution is 2.40. The van der Waals surface area contributed by atoms with Crippen LogP contribution in [0.5, 0.6) is 0 Å². The van der Waals surface area contributed by atoms with Gasteiger partial charge < -0.3 is 5.73 Å². The maximum absolute atomic E-state index is 13.4. The number of benzene rings is 2. The lowest BCUT2D eigenvalue weighted by Crippen LogP contribution is -2.43. The Labute approximate surface area is 150 Å². The van der Waals surface area contributed by atoms with E-state index in [-0.39, 0.29) is 0 Å². The topological polar surface area (TPSA) is 43.1 Å². The van der Waals surface area contributed by atoms with E-state index < -0.39 is 28.8 Å². The van der Waals surface area contributed by atoms with Crippen molar-refractivity contribution in [2.24, 2.45) is 5.73 Å². The van der Waals surface area contributed by atoms with Crippen LogP contribution in [0.15, 0.2) is 84.7 Å². The highest BCUT2D eigenvalue weighted by atomic mass is 19.1. The quantitative estimate of drug-likeness (QED) is 0.747. The lowest BCUT2D eigenvalue weighted by Gasteiger charge is -2.33. The summed E-state index contributed by atoms with van der Waals surface area (Å²) in [6.45, 7) is 4.82. The number of rotatable bonds is 6. The highest BCUT2D eigenvalue weighted by Gasteiger charge is 2.43. The van der Waals surface area contributed by atoms with Gasteiger partial charge in [0.15, 0.2) is 0 Å². The van der Waals surface area contributed by atoms with Gasteiger partial charge in [0.2, 0.25) is 5.91 Å². The van der Waals surface area contributed by atoms with Gasteiger partial charge in [0.25, 0.3) is 0 Å². The third-order valence-electron chi connectivity index (χ3n) is 4.11. The molecule has 0 saturated carbocycles. The summed E-state index contributed by atoms with van der Waals surface area (Å²) < 4.78 is 40.0. The number of hydrogen-bond donors (Lipinski definition) is 1. The van der Waals surface area contributed by atoms with Crippen LogP contribution in [0.1, 0.15) is 18.1 Å². The first-order valence-electron chi connectivity index (χ1n) is 7.83. The Kier molecular flexibility index (Phi) is 5.82. The van der Waals surface area contributed by atoms with Gasteiger partial charge in [0.05, 0.1) is 0 Å². The molecule has 1 amide bonds. The van der Waals surface area contributed by atoms with E-state index in [0.29, 0.717) is 16.7 Å². The van der Waals surface area contributed by atoms with Crippen molar-refractivity contribution in [1.82, 2.24) is 0 Å². The van der Waals surface area contributed by atoms with Gasteiger partial charge in [0.1, 0.15) is 22.9 Å². The number of nitrogens with two attached hydrogens (primary N) is 1. The molecule has 0 bridgehead atoms. The molecule has 2 rings (SSSR count). The van der Waals surface area contributed by atoms with Crippen molar-refractivity contribution in [3.8, 4) is 0 Å². The maximum Gasteiger partial charge on any atom is 0.237 e. The second-order valence-corrected chi connectivity index (χ2v) is 5.65. The Morgan fingerprint density at radius 3 is 1.69 bits per heavy atom. The van der Waals surface area contributed by atoms with Crippen molar-refractivity contribution >= 4 is 5.91 Å². The summed E-state index contributed by atoms with van der Waals surface area (Å²) in [7, 11) is 0. The minimum absolute atomic E-state index is 0.349. The second-order valence-electron chi connectivity index (χ2n) is 5.65. The van der Waals surface area contributed by atoms with Gasteiger partial charge in [-0.1, -0.05) is 43.0 Å². The molecule has 2 aromatic rings. The molecule has 2 nitrogen and oxygen atoms in total. The number of primary amides is 1. The van der Waals surface area contributed by atoms with Crippen molar-refractivity contribution in [1.29, 1.82) is 0 Å². The van der Waals surface area contributed by atoms with Crippen LogP contribution in [0.4, 0.5) is 13.2 Å². The van der Waals surface area contributed by atoms with E-state index in [2.05, 4.69) is 6.58 Å². The molecule has 0 aliphatic rings. The molecule has 0 heterocycles. The first-order valence-corrected chi connectivity index (χ1v) is 7.83. The van der Waals surface area contributed by atoms with E-state index >= 15 is 0 Å². The fraction of sp³-hybridized carbons (Fsp3) is 0.0952. The van der Waals surface area contributed by atoms with E-state index in [4.69, 9.17) is 5.73 Å². The Bertz CT molecular complexity index is 820. The second kappa shape index (κ2) is 7.87. The largest absolute Gasteiger partial charge is 0.368 e. The fourth-order valence-electron chi connectivity index (χ4n) is 2.94. The van der Waals surface area contributed by atoms with Crippen LogP contribution in [0.25, 0.3) is 0 Å². The van der Waals surface area contributed by atoms with Crippen molar-refractivity contribution in [2.45, 2.75) is 12.3 Å². The maximum atomic E-state index is 13.4. The lowest BCUT2D eigenvalue weighted by molar-refractivity contribution is -0.121. The number of carbonyl (C=O) groups excluding carboxylic acids is 1. The average Bonchev–Trinajstić information content (AvgIpc) is 2.60. The summed E-state index contributed by atoms with van der Waals surface area (Å²) in [6.07, 6.45) is 4.07. The van der Waals surface area contributed by atoms with Gasteiger partial charge in [-0.25, -0.2) is 13.2 Å². The number of halogens is 3. The molecule has 0 atom stereocenters. The predicted octanol–water partition coefficient (Wildman–Crippen LogP) is 4.72. The molecule has 0 aliphatic heterocycles. The molecule has 2 aromatic carbocycles. The molecule has 0 saturated heterocycles. The van der Waals surface area contributed by atoms with Crippen molar-refractivity contribution < 1.29 is 18.0 Å². The molecular weight excluding hydrogens is 339 g/mol. The molecule has 0 aliphatic carbocycles. The van der Waals surface area contributed by atoms with Crippen LogP contribution in [0, 0.1) is 11.6 Å². The number of allylic oxidation sites excluding steroid dienone is 4. The zero-order chi connectivity index (χ0) is 19.3. The molecule has 0 aromatic heterocycles. The van der Waals surface area contributed by atoms with Gasteiger partial charge in [-0.2, -0.15) is 0 Å². The zero-order valence-corrected chi connectivity index (χ0v) is 14.2. The minimum Gasteiger partial charge on any atom is -0.368 e. The summed E-state index contributed by atoms with van der Waals surface area (Å²) in [5.74, 6) is -2.44. The van der Waals surface area contributed by atoms with Gasteiger partial charge >= 0.3 is 0 Å². The van der Waals surface area contributed by atoms with Gasteiger partial charge in [-0.3, -0.25) is 4.79 Å². The first kappa shape index (κ1) is 19.2. The molecule has 0 fully saturated rings. The van der Waals surface area contributed by atoms with Crippen LogP contribution in [0.3, 0.4) is 0 Å². The molecule has 0 unspecified atom stereocenters. The van der Waals surface area contributed by atoms with Crippen LogP contribution in [-0.4, -0.2) is 5.91 Å². The van der Waals surface area contributed by atoms with E-state index in [1.165, 1.54) is 54.6 Å². The molecule has 5 heteroatoms. The molecule has 2 N–H and O–H groups in total. The molecule has 0 radical (unpaired) electrons. The third-order valence-corrected chi connectivity index (χ3v) is 4.11. The lowest BCUT2D eigenvalue weighted by atomic mass is 9.68. The number of hydrogen-bond acceptors (Lipinski definition) is 1. The zero-order valence-electron chi connectivity index (χ0n) is 14.2. The van der Waals surface area contributed by atoms with E-state index in [1.807, 2.05) is 0 Å². The molecule has 134 valence electrons. The van der Waals surface area contributed by atoms with E-state index in [9.17, 15) is 18.0 Å². The predicted molar refractivity (Wildman–Crippen MR) is 95.9 cm³/mol. The average molecular weight is 357 g/mol. The van der Waals surface area contributed by atoms with E-state index in [1.54, 1.807) is 13.0 Å². The first-order chi connectivity index (χ1) is 12.3. The fourth-order valence-corrected chi connectivity index (χ4v) is 2.94. The summed E-state index contributed by atoms with van der Waals surface area (Å²) in [5, 5.41) is 0. The summed E-state index contributed by atoms with van der Waals surface area (Å²) >= 11 is 0. The minimum atomic E-state index is -1.55. The number of amides is 1. The van der Waals surface area contributed by atoms with E-state index in [0.717, 1.165) is 6.08 Å². The van der Waals surface area contributed by atoms with Crippen LogP contribution in [-0.2, 0) is 10.2 Å². The Balaban J connectivity index is 2.85. The summed E-state index contributed by atoms with van der Waals surface area (Å²) in [4.78, 5) is 12.7. The Morgan fingerprint density at radius 2 is 1.38 bits per heavy atom. The third kappa shape index (κ3) is 3.61.